The Labute approximate surface area is 135 Å². The number of aromatic nitrogens is 1. The Hall–Kier alpha value is -2.96. The van der Waals surface area contributed by atoms with Crippen LogP contribution in [0, 0.1) is 0 Å². The molecule has 0 unspecified atom stereocenters. The molecule has 0 aliphatic carbocycles. The van der Waals surface area contributed by atoms with Gasteiger partial charge in [0.05, 0.1) is 18.4 Å². The van der Waals surface area contributed by atoms with Crippen molar-refractivity contribution in [1.82, 2.24) is 4.98 Å². The van der Waals surface area contributed by atoms with E-state index in [2.05, 4.69) is 10.3 Å². The number of halogens is 3. The minimum absolute atomic E-state index is 0.0454. The van der Waals surface area contributed by atoms with Crippen molar-refractivity contribution in [2.75, 3.05) is 12.4 Å². The third kappa shape index (κ3) is 3.05. The molecular formula is C17H13F3N2O2. The van der Waals surface area contributed by atoms with Gasteiger partial charge >= 0.3 is 6.18 Å². The van der Waals surface area contributed by atoms with Gasteiger partial charge in [0.25, 0.3) is 5.91 Å². The van der Waals surface area contributed by atoms with E-state index in [-0.39, 0.29) is 17.1 Å². The Kier molecular flexibility index (Phi) is 3.92. The zero-order valence-corrected chi connectivity index (χ0v) is 12.6. The van der Waals surface area contributed by atoms with Gasteiger partial charge in [0.2, 0.25) is 0 Å². The summed E-state index contributed by atoms with van der Waals surface area (Å²) >= 11 is 0. The Bertz CT molecular complexity index is 867. The van der Waals surface area contributed by atoms with Gasteiger partial charge in [-0.1, -0.05) is 18.2 Å². The molecule has 0 saturated heterocycles. The van der Waals surface area contributed by atoms with Crippen LogP contribution in [0.15, 0.2) is 48.5 Å². The largest absolute Gasteiger partial charge is 0.495 e. The highest BCUT2D eigenvalue weighted by atomic mass is 19.4. The molecule has 0 spiro atoms. The second-order valence-electron chi connectivity index (χ2n) is 5.14. The summed E-state index contributed by atoms with van der Waals surface area (Å²) in [5.74, 6) is -0.406. The number of aromatic amines is 1. The molecular weight excluding hydrogens is 321 g/mol. The van der Waals surface area contributed by atoms with Crippen LogP contribution in [0.1, 0.15) is 16.1 Å². The van der Waals surface area contributed by atoms with Crippen LogP contribution in [0.2, 0.25) is 0 Å². The van der Waals surface area contributed by atoms with Crippen LogP contribution < -0.4 is 10.1 Å². The van der Waals surface area contributed by atoms with Crippen LogP contribution in [-0.4, -0.2) is 18.0 Å². The number of H-pyrrole nitrogens is 1. The fourth-order valence-corrected chi connectivity index (χ4v) is 2.37. The zero-order valence-electron chi connectivity index (χ0n) is 12.6. The number of anilines is 1. The van der Waals surface area contributed by atoms with Crippen molar-refractivity contribution < 1.29 is 22.7 Å². The molecule has 7 heteroatoms. The maximum Gasteiger partial charge on any atom is 0.416 e. The molecule has 0 fully saturated rings. The molecule has 1 heterocycles. The SMILES string of the molecule is COc1ccc(C(F)(F)F)cc1NC(=O)c1cc2ccccc2[nH]1. The Morgan fingerprint density at radius 3 is 2.54 bits per heavy atom. The number of hydrogen-bond acceptors (Lipinski definition) is 2. The lowest BCUT2D eigenvalue weighted by Gasteiger charge is -2.13. The molecule has 0 aliphatic rings. The number of ether oxygens (including phenoxy) is 1. The lowest BCUT2D eigenvalue weighted by atomic mass is 10.1. The number of amides is 1. The standard InChI is InChI=1S/C17H13F3N2O2/c1-24-15-7-6-11(17(18,19)20)9-13(15)22-16(23)14-8-10-4-2-3-5-12(10)21-14/h2-9,21H,1H3,(H,22,23). The van der Waals surface area contributed by atoms with E-state index in [1.54, 1.807) is 12.1 Å². The first-order valence-corrected chi connectivity index (χ1v) is 7.03. The van der Waals surface area contributed by atoms with Crippen LogP contribution in [0.3, 0.4) is 0 Å². The van der Waals surface area contributed by atoms with Crippen LogP contribution in [0.25, 0.3) is 10.9 Å². The number of carbonyl (C=O) groups excluding carboxylic acids is 1. The minimum atomic E-state index is -4.51. The van der Waals surface area contributed by atoms with Gasteiger partial charge in [-0.3, -0.25) is 4.79 Å². The van der Waals surface area contributed by atoms with Gasteiger partial charge in [-0.15, -0.1) is 0 Å². The molecule has 3 rings (SSSR count). The van der Waals surface area contributed by atoms with E-state index in [0.29, 0.717) is 0 Å². The molecule has 4 nitrogen and oxygen atoms in total. The summed E-state index contributed by atoms with van der Waals surface area (Å²) in [7, 11) is 1.32. The van der Waals surface area contributed by atoms with E-state index in [1.807, 2.05) is 18.2 Å². The van der Waals surface area contributed by atoms with E-state index in [4.69, 9.17) is 4.74 Å². The number of nitrogens with one attached hydrogen (secondary N) is 2. The molecule has 0 radical (unpaired) electrons. The van der Waals surface area contributed by atoms with Crippen LogP contribution >= 0.6 is 0 Å². The topological polar surface area (TPSA) is 54.1 Å². The van der Waals surface area contributed by atoms with Gasteiger partial charge in [0, 0.05) is 10.9 Å². The quantitative estimate of drug-likeness (QED) is 0.744. The van der Waals surface area contributed by atoms with Gasteiger partial charge in [-0.05, 0) is 30.3 Å². The number of methoxy groups -OCH3 is 1. The molecule has 2 N–H and O–H groups in total. The molecule has 0 atom stereocenters. The number of alkyl halides is 3. The second kappa shape index (κ2) is 5.92. The van der Waals surface area contributed by atoms with Gasteiger partial charge < -0.3 is 15.0 Å². The van der Waals surface area contributed by atoms with E-state index >= 15 is 0 Å². The molecule has 1 aromatic heterocycles. The molecule has 2 aromatic carbocycles. The first-order valence-electron chi connectivity index (χ1n) is 7.03. The van der Waals surface area contributed by atoms with Crippen LogP contribution in [0.4, 0.5) is 18.9 Å². The third-order valence-electron chi connectivity index (χ3n) is 3.55. The van der Waals surface area contributed by atoms with Crippen molar-refractivity contribution in [1.29, 1.82) is 0 Å². The molecule has 124 valence electrons. The van der Waals surface area contributed by atoms with Crippen molar-refractivity contribution in [3.8, 4) is 5.75 Å². The summed E-state index contributed by atoms with van der Waals surface area (Å²) in [6.45, 7) is 0. The van der Waals surface area contributed by atoms with Gasteiger partial charge in [-0.25, -0.2) is 0 Å². The summed E-state index contributed by atoms with van der Waals surface area (Å²) in [5, 5.41) is 3.29. The summed E-state index contributed by atoms with van der Waals surface area (Å²) in [6.07, 6.45) is -4.51. The smallest absolute Gasteiger partial charge is 0.416 e. The van der Waals surface area contributed by atoms with Gasteiger partial charge in [-0.2, -0.15) is 13.2 Å². The van der Waals surface area contributed by atoms with E-state index < -0.39 is 17.6 Å². The maximum absolute atomic E-state index is 12.8. The monoisotopic (exact) mass is 334 g/mol. The van der Waals surface area contributed by atoms with E-state index in [9.17, 15) is 18.0 Å². The highest BCUT2D eigenvalue weighted by molar-refractivity contribution is 6.06. The number of carbonyl (C=O) groups is 1. The fraction of sp³-hybridized carbons (Fsp3) is 0.118. The number of hydrogen-bond donors (Lipinski definition) is 2. The summed E-state index contributed by atoms with van der Waals surface area (Å²) in [4.78, 5) is 15.3. The Morgan fingerprint density at radius 1 is 1.12 bits per heavy atom. The van der Waals surface area contributed by atoms with Crippen molar-refractivity contribution in [3.05, 3.63) is 59.8 Å². The van der Waals surface area contributed by atoms with Crippen molar-refractivity contribution in [3.63, 3.8) is 0 Å². The molecule has 0 aliphatic heterocycles. The highest BCUT2D eigenvalue weighted by Gasteiger charge is 2.31. The fourth-order valence-electron chi connectivity index (χ4n) is 2.37. The Morgan fingerprint density at radius 2 is 1.88 bits per heavy atom. The minimum Gasteiger partial charge on any atom is -0.495 e. The average molecular weight is 334 g/mol. The van der Waals surface area contributed by atoms with Crippen molar-refractivity contribution >= 4 is 22.5 Å². The van der Waals surface area contributed by atoms with Crippen LogP contribution in [0.5, 0.6) is 5.75 Å². The lowest BCUT2D eigenvalue weighted by molar-refractivity contribution is -0.137. The summed E-state index contributed by atoms with van der Waals surface area (Å²) < 4.78 is 43.5. The molecule has 0 bridgehead atoms. The van der Waals surface area contributed by atoms with Crippen LogP contribution in [-0.2, 0) is 6.18 Å². The normalized spacial score (nSPS) is 11.5. The Balaban J connectivity index is 1.93. The third-order valence-corrected chi connectivity index (χ3v) is 3.55. The maximum atomic E-state index is 12.8. The predicted molar refractivity (Wildman–Crippen MR) is 84.2 cm³/mol. The molecule has 0 saturated carbocycles. The highest BCUT2D eigenvalue weighted by Crippen LogP contribution is 2.35. The molecule has 24 heavy (non-hydrogen) atoms. The second-order valence-corrected chi connectivity index (χ2v) is 5.14. The zero-order chi connectivity index (χ0) is 17.3. The summed E-state index contributed by atoms with van der Waals surface area (Å²) in [6, 6.07) is 11.8. The first-order chi connectivity index (χ1) is 11.4. The summed E-state index contributed by atoms with van der Waals surface area (Å²) in [5.41, 5.74) is 0.0977. The van der Waals surface area contributed by atoms with E-state index in [0.717, 1.165) is 23.0 Å². The number of rotatable bonds is 3. The number of fused-ring (bicyclic) bond motifs is 1. The number of benzene rings is 2. The average Bonchev–Trinajstić information content (AvgIpc) is 2.98. The molecule has 1 amide bonds. The first kappa shape index (κ1) is 15.9. The van der Waals surface area contributed by atoms with Crippen molar-refractivity contribution in [2.24, 2.45) is 0 Å². The van der Waals surface area contributed by atoms with Gasteiger partial charge in [0.1, 0.15) is 11.4 Å². The van der Waals surface area contributed by atoms with Crippen molar-refractivity contribution in [2.45, 2.75) is 6.18 Å². The predicted octanol–water partition coefficient (Wildman–Crippen LogP) is 4.45. The van der Waals surface area contributed by atoms with Gasteiger partial charge in [0.15, 0.2) is 0 Å². The lowest BCUT2D eigenvalue weighted by Crippen LogP contribution is -2.14. The molecule has 3 aromatic rings. The number of para-hydroxylation sites is 1. The van der Waals surface area contributed by atoms with E-state index in [1.165, 1.54) is 13.2 Å².